The van der Waals surface area contributed by atoms with Crippen LogP contribution < -0.4 is 0 Å². The summed E-state index contributed by atoms with van der Waals surface area (Å²) >= 11 is 1.63. The zero-order chi connectivity index (χ0) is 18.6. The van der Waals surface area contributed by atoms with Gasteiger partial charge in [-0.3, -0.25) is 0 Å². The lowest BCUT2D eigenvalue weighted by atomic mass is 9.87. The molecule has 1 N–H and O–H groups in total. The molecule has 0 saturated heterocycles. The number of nitrogens with zero attached hydrogens (tertiary/aromatic N) is 2. The number of aromatic hydroxyl groups is 1. The molecule has 1 heterocycles. The SMILES string of the molecule is N#Cc1c(SCc2ccccc2)nc2c(c1-c1ccc(O)cc1)CCCC2. The molecule has 0 amide bonds. The lowest BCUT2D eigenvalue weighted by Crippen LogP contribution is -2.10. The highest BCUT2D eigenvalue weighted by molar-refractivity contribution is 7.98. The van der Waals surface area contributed by atoms with Crippen molar-refractivity contribution in [3.05, 3.63) is 77.0 Å². The Bertz CT molecular complexity index is 992. The zero-order valence-corrected chi connectivity index (χ0v) is 15.8. The summed E-state index contributed by atoms with van der Waals surface area (Å²) in [6.45, 7) is 0. The highest BCUT2D eigenvalue weighted by Gasteiger charge is 2.23. The summed E-state index contributed by atoms with van der Waals surface area (Å²) in [5, 5.41) is 20.4. The zero-order valence-electron chi connectivity index (χ0n) is 15.0. The first-order valence-corrected chi connectivity index (χ1v) is 10.2. The van der Waals surface area contributed by atoms with Crippen LogP contribution in [0.5, 0.6) is 5.75 Å². The van der Waals surface area contributed by atoms with E-state index >= 15 is 0 Å². The van der Waals surface area contributed by atoms with Crippen molar-refractivity contribution in [2.45, 2.75) is 36.5 Å². The van der Waals surface area contributed by atoms with Crippen LogP contribution in [0.4, 0.5) is 0 Å². The van der Waals surface area contributed by atoms with Gasteiger partial charge in [0.1, 0.15) is 16.8 Å². The molecule has 0 radical (unpaired) electrons. The van der Waals surface area contributed by atoms with Crippen LogP contribution in [0.1, 0.15) is 35.2 Å². The fraction of sp³-hybridized carbons (Fsp3) is 0.217. The molecule has 0 unspecified atom stereocenters. The van der Waals surface area contributed by atoms with Crippen LogP contribution >= 0.6 is 11.8 Å². The number of aromatic nitrogens is 1. The number of thioether (sulfide) groups is 1. The van der Waals surface area contributed by atoms with Crippen LogP contribution in [-0.4, -0.2) is 10.1 Å². The van der Waals surface area contributed by atoms with Gasteiger partial charge >= 0.3 is 0 Å². The van der Waals surface area contributed by atoms with Gasteiger partial charge in [0.05, 0.1) is 5.56 Å². The first-order chi connectivity index (χ1) is 13.3. The molecular formula is C23H20N2OS. The summed E-state index contributed by atoms with van der Waals surface area (Å²) in [4.78, 5) is 4.89. The third-order valence-corrected chi connectivity index (χ3v) is 5.97. The van der Waals surface area contributed by atoms with Crippen LogP contribution in [0.2, 0.25) is 0 Å². The number of phenolic OH excluding ortho intramolecular Hbond substituents is 1. The summed E-state index contributed by atoms with van der Waals surface area (Å²) in [5.41, 5.74) is 6.18. The van der Waals surface area contributed by atoms with E-state index in [0.717, 1.165) is 53.3 Å². The van der Waals surface area contributed by atoms with Crippen LogP contribution in [0.15, 0.2) is 59.6 Å². The fourth-order valence-corrected chi connectivity index (χ4v) is 4.56. The van der Waals surface area contributed by atoms with Crippen molar-refractivity contribution in [3.63, 3.8) is 0 Å². The van der Waals surface area contributed by atoms with Crippen LogP contribution in [-0.2, 0) is 18.6 Å². The van der Waals surface area contributed by atoms with E-state index in [4.69, 9.17) is 4.98 Å². The fourth-order valence-electron chi connectivity index (χ4n) is 3.60. The molecule has 0 bridgehead atoms. The maximum absolute atomic E-state index is 9.96. The Hall–Kier alpha value is -2.77. The van der Waals surface area contributed by atoms with Crippen molar-refractivity contribution in [1.29, 1.82) is 5.26 Å². The lowest BCUT2D eigenvalue weighted by molar-refractivity contribution is 0.475. The molecule has 0 saturated carbocycles. The van der Waals surface area contributed by atoms with Gasteiger partial charge in [-0.2, -0.15) is 5.26 Å². The number of aryl methyl sites for hydroxylation is 1. The topological polar surface area (TPSA) is 56.9 Å². The molecule has 0 aliphatic heterocycles. The highest BCUT2D eigenvalue weighted by atomic mass is 32.2. The van der Waals surface area contributed by atoms with E-state index < -0.39 is 0 Å². The minimum Gasteiger partial charge on any atom is -0.508 e. The molecule has 0 fully saturated rings. The number of rotatable bonds is 4. The molecule has 134 valence electrons. The van der Waals surface area contributed by atoms with Crippen LogP contribution in [0, 0.1) is 11.3 Å². The number of fused-ring (bicyclic) bond motifs is 1. The molecule has 4 rings (SSSR count). The first-order valence-electron chi connectivity index (χ1n) is 9.18. The molecule has 2 aromatic carbocycles. The molecule has 1 aliphatic carbocycles. The molecule has 0 atom stereocenters. The van der Waals surface area contributed by atoms with E-state index in [1.165, 1.54) is 11.1 Å². The average Bonchev–Trinajstić information content (AvgIpc) is 2.72. The maximum atomic E-state index is 9.96. The molecule has 0 spiro atoms. The van der Waals surface area contributed by atoms with E-state index in [9.17, 15) is 10.4 Å². The van der Waals surface area contributed by atoms with Crippen molar-refractivity contribution in [2.24, 2.45) is 0 Å². The van der Waals surface area contributed by atoms with E-state index in [1.54, 1.807) is 23.9 Å². The third kappa shape index (κ3) is 3.70. The summed E-state index contributed by atoms with van der Waals surface area (Å²) in [6.07, 6.45) is 4.19. The molecule has 1 aromatic heterocycles. The Labute approximate surface area is 163 Å². The van der Waals surface area contributed by atoms with E-state index in [2.05, 4.69) is 18.2 Å². The Kier molecular flexibility index (Phi) is 5.13. The Morgan fingerprint density at radius 2 is 1.74 bits per heavy atom. The Balaban J connectivity index is 1.81. The minimum atomic E-state index is 0.235. The van der Waals surface area contributed by atoms with Crippen molar-refractivity contribution in [1.82, 2.24) is 4.98 Å². The second kappa shape index (κ2) is 7.85. The quantitative estimate of drug-likeness (QED) is 0.615. The number of benzene rings is 2. The molecule has 3 aromatic rings. The molecule has 4 heteroatoms. The minimum absolute atomic E-state index is 0.235. The van der Waals surface area contributed by atoms with Gasteiger partial charge in [-0.25, -0.2) is 4.98 Å². The highest BCUT2D eigenvalue weighted by Crippen LogP contribution is 2.38. The Morgan fingerprint density at radius 1 is 1.00 bits per heavy atom. The van der Waals surface area contributed by atoms with Gasteiger partial charge in [-0.05, 0) is 54.5 Å². The monoisotopic (exact) mass is 372 g/mol. The van der Waals surface area contributed by atoms with Gasteiger partial charge in [0.15, 0.2) is 0 Å². The lowest BCUT2D eigenvalue weighted by Gasteiger charge is -2.22. The van der Waals surface area contributed by atoms with Gasteiger partial charge in [0.2, 0.25) is 0 Å². The molecule has 1 aliphatic rings. The van der Waals surface area contributed by atoms with Crippen molar-refractivity contribution >= 4 is 11.8 Å². The van der Waals surface area contributed by atoms with Gasteiger partial charge in [0, 0.05) is 17.0 Å². The van der Waals surface area contributed by atoms with Crippen molar-refractivity contribution < 1.29 is 5.11 Å². The standard InChI is InChI=1S/C23H20N2OS/c24-14-20-22(17-10-12-18(26)13-11-17)19-8-4-5-9-21(19)25-23(20)27-15-16-6-2-1-3-7-16/h1-3,6-7,10-13,26H,4-5,8-9,15H2. The van der Waals surface area contributed by atoms with Crippen LogP contribution in [0.3, 0.4) is 0 Å². The predicted molar refractivity (Wildman–Crippen MR) is 109 cm³/mol. The van der Waals surface area contributed by atoms with E-state index in [-0.39, 0.29) is 5.75 Å². The maximum Gasteiger partial charge on any atom is 0.115 e. The number of pyridine rings is 1. The Morgan fingerprint density at radius 3 is 2.48 bits per heavy atom. The van der Waals surface area contributed by atoms with E-state index in [0.29, 0.717) is 5.56 Å². The van der Waals surface area contributed by atoms with E-state index in [1.807, 2.05) is 30.3 Å². The van der Waals surface area contributed by atoms with Gasteiger partial charge < -0.3 is 5.11 Å². The second-order valence-electron chi connectivity index (χ2n) is 6.73. The van der Waals surface area contributed by atoms with Crippen LogP contribution in [0.25, 0.3) is 11.1 Å². The largest absolute Gasteiger partial charge is 0.508 e. The summed E-state index contributed by atoms with van der Waals surface area (Å²) in [5.74, 6) is 1.02. The van der Waals surface area contributed by atoms with Crippen molar-refractivity contribution in [2.75, 3.05) is 0 Å². The molecule has 3 nitrogen and oxygen atoms in total. The summed E-state index contributed by atoms with van der Waals surface area (Å²) < 4.78 is 0. The number of hydrogen-bond donors (Lipinski definition) is 1. The second-order valence-corrected chi connectivity index (χ2v) is 7.70. The molecule has 27 heavy (non-hydrogen) atoms. The third-order valence-electron chi connectivity index (χ3n) is 4.93. The smallest absolute Gasteiger partial charge is 0.115 e. The van der Waals surface area contributed by atoms with Gasteiger partial charge in [-0.1, -0.05) is 42.5 Å². The number of hydrogen-bond acceptors (Lipinski definition) is 4. The normalized spacial score (nSPS) is 13.0. The summed E-state index contributed by atoms with van der Waals surface area (Å²) in [7, 11) is 0. The van der Waals surface area contributed by atoms with Gasteiger partial charge in [-0.15, -0.1) is 11.8 Å². The van der Waals surface area contributed by atoms with Crippen molar-refractivity contribution in [3.8, 4) is 22.9 Å². The number of phenols is 1. The first kappa shape index (κ1) is 17.6. The average molecular weight is 372 g/mol. The molecular weight excluding hydrogens is 352 g/mol. The predicted octanol–water partition coefficient (Wildman–Crippen LogP) is 5.50. The number of nitriles is 1. The van der Waals surface area contributed by atoms with Gasteiger partial charge in [0.25, 0.3) is 0 Å². The summed E-state index contributed by atoms with van der Waals surface area (Å²) in [6, 6.07) is 19.8.